The van der Waals surface area contributed by atoms with E-state index in [0.717, 1.165) is 0 Å². The summed E-state index contributed by atoms with van der Waals surface area (Å²) >= 11 is 0. The molecule has 732 valence electrons. The van der Waals surface area contributed by atoms with Crippen LogP contribution in [0.5, 0.6) is 0 Å². The van der Waals surface area contributed by atoms with Crippen molar-refractivity contribution in [3.63, 3.8) is 0 Å². The molecule has 8 aliphatic heterocycles. The zero-order chi connectivity index (χ0) is 101. The minimum absolute atomic E-state index is 0. The van der Waals surface area contributed by atoms with Gasteiger partial charge in [-0.3, -0.25) is 146 Å². The molecule has 150 heavy (non-hydrogen) atoms. The molecule has 16 aromatic rings. The number of anilines is 8. The number of benzene rings is 8. The highest BCUT2D eigenvalue weighted by Gasteiger charge is 2.54. The number of ketones is 8. The Morgan fingerprint density at radius 1 is 0.200 bits per heavy atom. The summed E-state index contributed by atoms with van der Waals surface area (Å²) < 4.78 is 3.42. The van der Waals surface area contributed by atoms with Crippen LogP contribution in [-0.2, 0) is 14.1 Å². The zero-order valence-corrected chi connectivity index (χ0v) is 79.6. The lowest BCUT2D eigenvalue weighted by atomic mass is 10.1. The fraction of sp³-hybridized carbons (Fsp3) is 0.0254. The number of nitrogens with zero attached hydrogens (tertiary/aromatic N) is 16. The Morgan fingerprint density at radius 3 is 0.593 bits per heavy atom. The monoisotopic (exact) mass is 1980 g/mol. The van der Waals surface area contributed by atoms with E-state index in [1.54, 1.807) is 320 Å². The number of Topliss-reactive ketones (excluding diaryl/α,β-unsaturated/α-hetero) is 8. The lowest BCUT2D eigenvalue weighted by Gasteiger charge is -2.24. The van der Waals surface area contributed by atoms with Gasteiger partial charge in [-0.2, -0.15) is 4.57 Å². The molecule has 8 aromatic carbocycles. The van der Waals surface area contributed by atoms with Crippen LogP contribution in [0.3, 0.4) is 0 Å². The Kier molecular flexibility index (Phi) is 27.8. The highest BCUT2D eigenvalue weighted by Crippen LogP contribution is 2.50. The van der Waals surface area contributed by atoms with Gasteiger partial charge >= 0.3 is 5.91 Å². The maximum Gasteiger partial charge on any atom is 0.327 e. The van der Waals surface area contributed by atoms with Crippen molar-refractivity contribution in [3.8, 4) is 0 Å². The number of hydrogen-bond acceptors (Lipinski definition) is 22. The van der Waals surface area contributed by atoms with E-state index in [-0.39, 0.29) is 154 Å². The number of carbonyl (C=O) groups excluding carboxylic acids is 16. The van der Waals surface area contributed by atoms with Crippen molar-refractivity contribution in [2.24, 2.45) is 14.1 Å². The summed E-state index contributed by atoms with van der Waals surface area (Å²) in [5, 5.41) is 0. The summed E-state index contributed by atoms with van der Waals surface area (Å²) in [6, 6.07) is 88.7. The minimum atomic E-state index is -0.592. The average Bonchev–Trinajstić information content (AvgIpc) is 1.57. The largest absolute Gasteiger partial charge is 0.358 e. The fourth-order valence-electron chi connectivity index (χ4n) is 18.4. The Balaban J connectivity index is 0.000000135. The molecule has 0 aliphatic carbocycles. The predicted molar refractivity (Wildman–Crippen MR) is 555 cm³/mol. The first kappa shape index (κ1) is 101. The fourth-order valence-corrected chi connectivity index (χ4v) is 18.4. The van der Waals surface area contributed by atoms with Crippen LogP contribution in [0.25, 0.3) is 0 Å². The minimum Gasteiger partial charge on any atom is -0.358 e. The first-order chi connectivity index (χ1) is 71.1. The molecule has 0 saturated carbocycles. The Morgan fingerprint density at radius 2 is 0.387 bits per heavy atom. The Labute approximate surface area is 857 Å². The molecule has 8 amide bonds. The van der Waals surface area contributed by atoms with Gasteiger partial charge in [0, 0.05) is 118 Å². The molecule has 8 aliphatic rings. The van der Waals surface area contributed by atoms with Crippen molar-refractivity contribution in [1.29, 1.82) is 0 Å². The number of fused-ring (bicyclic) bond motifs is 8. The second-order valence-electron chi connectivity index (χ2n) is 33.4. The smallest absolute Gasteiger partial charge is 0.327 e. The molecule has 16 heterocycles. The number of amides is 8. The summed E-state index contributed by atoms with van der Waals surface area (Å²) in [7, 11) is 3.55. The van der Waals surface area contributed by atoms with Gasteiger partial charge in [-0.05, 0) is 176 Å². The number of para-hydroxylation sites is 8. The Hall–Kier alpha value is -21.0. The molecule has 24 rings (SSSR count). The van der Waals surface area contributed by atoms with Crippen molar-refractivity contribution in [2.45, 2.75) is 7.43 Å². The first-order valence-corrected chi connectivity index (χ1v) is 45.3. The van der Waals surface area contributed by atoms with E-state index < -0.39 is 93.5 Å². The zero-order valence-electron chi connectivity index (χ0n) is 79.6. The highest BCUT2D eigenvalue weighted by molar-refractivity contribution is 6.41. The number of carbonyl (C=O) groups is 16. The highest BCUT2D eigenvalue weighted by atomic mass is 16.2. The van der Waals surface area contributed by atoms with Gasteiger partial charge in [-0.25, -0.2) is 4.57 Å². The van der Waals surface area contributed by atoms with Crippen LogP contribution in [0.15, 0.2) is 435 Å². The second-order valence-corrected chi connectivity index (χ2v) is 33.4. The van der Waals surface area contributed by atoms with E-state index in [0.29, 0.717) is 56.8 Å². The average molecular weight is 1980 g/mol. The van der Waals surface area contributed by atoms with E-state index in [1.807, 2.05) is 7.05 Å². The van der Waals surface area contributed by atoms with Crippen LogP contribution < -0.4 is 48.3 Å². The summed E-state index contributed by atoms with van der Waals surface area (Å²) in [5.74, 6) is -8.64. The van der Waals surface area contributed by atoms with Gasteiger partial charge < -0.3 is 22.3 Å². The van der Waals surface area contributed by atoms with E-state index >= 15 is 0 Å². The molecular formula is C118H83N16O16-. The van der Waals surface area contributed by atoms with E-state index in [9.17, 15) is 76.7 Å². The number of hydrogen-bond donors (Lipinski definition) is 0. The molecule has 0 N–H and O–H groups in total. The number of rotatable bonds is 8. The summed E-state index contributed by atoms with van der Waals surface area (Å²) in [6.07, 6.45) is 15.5. The molecule has 0 atom stereocenters. The molecule has 0 spiro atoms. The maximum absolute atomic E-state index is 14.0. The number of aryl methyl sites for hydroxylation is 2. The van der Waals surface area contributed by atoms with Crippen LogP contribution in [-0.4, -0.2) is 123 Å². The summed E-state index contributed by atoms with van der Waals surface area (Å²) in [6.45, 7) is 0. The maximum atomic E-state index is 14.0. The van der Waals surface area contributed by atoms with Gasteiger partial charge in [-0.1, -0.05) is 135 Å². The quantitative estimate of drug-likeness (QED) is 0.0774. The Bertz CT molecular complexity index is 8050. The third-order valence-electron chi connectivity index (χ3n) is 25.0. The van der Waals surface area contributed by atoms with Crippen LogP contribution in [0.1, 0.15) is 174 Å². The van der Waals surface area contributed by atoms with Gasteiger partial charge in [0.05, 0.1) is 51.1 Å². The number of aromatic nitrogens is 8. The predicted octanol–water partition coefficient (Wildman–Crippen LogP) is 17.1. The molecule has 0 radical (unpaired) electrons. The molecule has 32 nitrogen and oxygen atoms in total. The van der Waals surface area contributed by atoms with Crippen LogP contribution in [0.2, 0.25) is 0 Å². The molecule has 0 unspecified atom stereocenters. The van der Waals surface area contributed by atoms with Gasteiger partial charge in [0.1, 0.15) is 88.1 Å². The lowest BCUT2D eigenvalue weighted by Crippen LogP contribution is -2.43. The molecule has 32 heteroatoms. The van der Waals surface area contributed by atoms with Crippen molar-refractivity contribution in [1.82, 2.24) is 29.9 Å². The molecule has 0 saturated heterocycles. The second kappa shape index (κ2) is 41.5. The van der Waals surface area contributed by atoms with Gasteiger partial charge in [0.25, 0.3) is 47.0 Å². The van der Waals surface area contributed by atoms with Crippen LogP contribution in [0, 0.1) is 22.3 Å². The van der Waals surface area contributed by atoms with E-state index in [2.05, 4.69) is 29.9 Å². The first-order valence-electron chi connectivity index (χ1n) is 45.3. The third kappa shape index (κ3) is 17.1. The van der Waals surface area contributed by atoms with Crippen molar-refractivity contribution in [3.05, 3.63) is 547 Å². The van der Waals surface area contributed by atoms with E-state index in [4.69, 9.17) is 0 Å². The van der Waals surface area contributed by atoms with Gasteiger partial charge in [-0.15, -0.1) is 0 Å². The summed E-state index contributed by atoms with van der Waals surface area (Å²) in [4.78, 5) is 255. The van der Waals surface area contributed by atoms with Crippen molar-refractivity contribution >= 4 is 139 Å². The molecule has 0 bridgehead atoms. The van der Waals surface area contributed by atoms with Gasteiger partial charge in [0.15, 0.2) is 18.6 Å². The normalized spacial score (nSPS) is 15.7. The number of pyridine rings is 8. The van der Waals surface area contributed by atoms with Crippen LogP contribution in [0.4, 0.5) is 45.5 Å². The SMILES string of the molecule is C.C[n+]1ccc(C(=O)N2/C(=C3\C(=O)c4ccccc4N3C(=O)c3ccncc3)C(=O)c3ccccc32)cc1.C[n+]1ccccc1C(=O)N1/C(=C2\C(=O)c3ccccc3N2C(=O)c2ccccn2)C(=O)c2ccccc21.O=C1/C(=C2/C(=O)c3ccccc3N2C(=O)c2ccccn2)N(C(=O)c2ccccn2)c2ccccc21.O=C1/C(=C2/C(=O)c3ccccc3N2C(=O)c2ccccn2)N(C(=O)c2ccccn2)c2ccccc21.[CH3-].[CH3-].[CH3-]. The molecule has 0 fully saturated rings. The van der Waals surface area contributed by atoms with Crippen molar-refractivity contribution < 1.29 is 85.8 Å². The molecule has 8 aromatic heterocycles. The van der Waals surface area contributed by atoms with Crippen LogP contribution >= 0.6 is 0 Å². The third-order valence-corrected chi connectivity index (χ3v) is 25.0. The van der Waals surface area contributed by atoms with Crippen molar-refractivity contribution in [2.75, 3.05) is 39.2 Å². The number of allylic oxidation sites excluding steroid dienone is 8. The molecular weight excluding hydrogens is 1900 g/mol. The summed E-state index contributed by atoms with van der Waals surface area (Å²) in [5.41, 5.74) is 4.64. The lowest BCUT2D eigenvalue weighted by molar-refractivity contribution is -0.673. The van der Waals surface area contributed by atoms with E-state index in [1.165, 1.54) is 125 Å². The van der Waals surface area contributed by atoms with Gasteiger partial charge in [0.2, 0.25) is 46.3 Å². The standard InChI is InChI=1S/2C29H19N4O4.2C28H16N4O4.CH4.3CH3/c1-31-17-9-7-15-23(31)29(37)33-22-14-5-3-11-19(22)27(35)25(33)24-26(34)18-10-2-4-13-21(18)32(24)28(36)20-12-6-8-16-30-20;1-31-16-12-19(13-17-31)29(37)33-23-9-5-3-7-21(23)27(35)25(33)24-26(34)20-6-2-4-8-22(20)32(24)28(36)18-10-14-30-15-11-18;2*33-25-17-9-1-3-13-21(17)31(27(35)19-11-5-7-15-29-19)23(25)24-26(34)18-10-2-4-14-22(18)32(24)28(36)20-12-6-8-16-30-20;;;;/h2*2-17H,1H3;2*1-16H;1H4;3*1H3/q2*+1;;;;3*-1/b2*25-24+;2*24-23+;;;;. The topological polar surface area (TPSA) is 384 Å².